The van der Waals surface area contributed by atoms with Crippen LogP contribution in [-0.4, -0.2) is 25.0 Å². The lowest BCUT2D eigenvalue weighted by Crippen LogP contribution is -2.34. The summed E-state index contributed by atoms with van der Waals surface area (Å²) >= 11 is 0. The molecule has 160 valence electrons. The summed E-state index contributed by atoms with van der Waals surface area (Å²) in [6.07, 6.45) is 4.62. The predicted molar refractivity (Wildman–Crippen MR) is 117 cm³/mol. The lowest BCUT2D eigenvalue weighted by Gasteiger charge is -2.24. The van der Waals surface area contributed by atoms with Crippen molar-refractivity contribution in [3.63, 3.8) is 0 Å². The summed E-state index contributed by atoms with van der Waals surface area (Å²) in [5, 5.41) is 3.03. The van der Waals surface area contributed by atoms with Crippen LogP contribution in [0.1, 0.15) is 66.1 Å². The Bertz CT molecular complexity index is 947. The van der Waals surface area contributed by atoms with Gasteiger partial charge < -0.3 is 14.5 Å². The number of esters is 1. The first-order valence-corrected chi connectivity index (χ1v) is 10.3. The molecule has 1 aromatic heterocycles. The molecule has 30 heavy (non-hydrogen) atoms. The van der Waals surface area contributed by atoms with Crippen molar-refractivity contribution in [2.45, 2.75) is 58.4 Å². The highest BCUT2D eigenvalue weighted by molar-refractivity contribution is 5.95. The van der Waals surface area contributed by atoms with Gasteiger partial charge in [-0.3, -0.25) is 9.59 Å². The molecule has 1 amide bonds. The first kappa shape index (κ1) is 21.9. The maximum absolute atomic E-state index is 12.6. The minimum absolute atomic E-state index is 0.0459. The number of hydrogen-bond donors (Lipinski definition) is 1. The highest BCUT2D eigenvalue weighted by Gasteiger charge is 2.34. The van der Waals surface area contributed by atoms with Gasteiger partial charge in [0.25, 0.3) is 5.91 Å². The number of ether oxygens (including phenoxy) is 1. The highest BCUT2D eigenvalue weighted by atomic mass is 16.5. The van der Waals surface area contributed by atoms with E-state index in [2.05, 4.69) is 38.2 Å². The molecule has 0 spiro atoms. The average molecular weight is 410 g/mol. The summed E-state index contributed by atoms with van der Waals surface area (Å²) in [5.74, 6) is 0.442. The van der Waals surface area contributed by atoms with Crippen molar-refractivity contribution in [2.75, 3.05) is 7.11 Å². The van der Waals surface area contributed by atoms with Gasteiger partial charge in [-0.1, -0.05) is 57.2 Å². The number of carbonyl (C=O) groups is 2. The van der Waals surface area contributed by atoms with E-state index < -0.39 is 5.92 Å². The van der Waals surface area contributed by atoms with Gasteiger partial charge in [-0.05, 0) is 48.8 Å². The molecule has 0 unspecified atom stereocenters. The lowest BCUT2D eigenvalue weighted by atomic mass is 9.82. The number of hydrogen-bond acceptors (Lipinski definition) is 4. The lowest BCUT2D eigenvalue weighted by molar-refractivity contribution is -0.143. The minimum atomic E-state index is -0.403. The molecule has 3 rings (SSSR count). The van der Waals surface area contributed by atoms with Crippen molar-refractivity contribution in [2.24, 2.45) is 5.92 Å². The van der Waals surface area contributed by atoms with Crippen molar-refractivity contribution < 1.29 is 18.7 Å². The van der Waals surface area contributed by atoms with Gasteiger partial charge in [0.15, 0.2) is 0 Å². The average Bonchev–Trinajstić information content (AvgIpc) is 3.27. The maximum Gasteiger partial charge on any atom is 0.313 e. The molecule has 1 N–H and O–H groups in total. The molecular weight excluding hydrogens is 378 g/mol. The summed E-state index contributed by atoms with van der Waals surface area (Å²) in [7, 11) is 1.42. The Morgan fingerprint density at radius 2 is 1.80 bits per heavy atom. The molecule has 1 aliphatic rings. The van der Waals surface area contributed by atoms with E-state index in [-0.39, 0.29) is 29.3 Å². The Labute approximate surface area is 178 Å². The van der Waals surface area contributed by atoms with E-state index in [0.29, 0.717) is 23.5 Å². The van der Waals surface area contributed by atoms with Crippen molar-refractivity contribution in [1.82, 2.24) is 5.32 Å². The summed E-state index contributed by atoms with van der Waals surface area (Å²) in [4.78, 5) is 25.2. The van der Waals surface area contributed by atoms with Crippen LogP contribution in [0, 0.1) is 19.8 Å². The number of methoxy groups -OCH3 is 1. The Morgan fingerprint density at radius 3 is 2.33 bits per heavy atom. The van der Waals surface area contributed by atoms with E-state index in [9.17, 15) is 9.59 Å². The van der Waals surface area contributed by atoms with Crippen molar-refractivity contribution in [1.29, 1.82) is 0 Å². The van der Waals surface area contributed by atoms with Crippen molar-refractivity contribution >= 4 is 11.9 Å². The van der Waals surface area contributed by atoms with Crippen LogP contribution in [0.15, 0.2) is 46.9 Å². The fourth-order valence-electron chi connectivity index (χ4n) is 4.06. The van der Waals surface area contributed by atoms with Crippen molar-refractivity contribution in [3.05, 3.63) is 70.7 Å². The third kappa shape index (κ3) is 4.66. The molecule has 5 nitrogen and oxygen atoms in total. The molecule has 1 aromatic carbocycles. The van der Waals surface area contributed by atoms with E-state index in [0.717, 1.165) is 5.56 Å². The Hall–Kier alpha value is -2.82. The molecule has 0 radical (unpaired) electrons. The molecule has 2 aromatic rings. The van der Waals surface area contributed by atoms with Gasteiger partial charge in [0, 0.05) is 6.04 Å². The molecule has 1 aliphatic carbocycles. The third-order valence-electron chi connectivity index (χ3n) is 5.74. The number of amides is 1. The second kappa shape index (κ2) is 8.50. The van der Waals surface area contributed by atoms with E-state index in [1.165, 1.54) is 12.7 Å². The van der Waals surface area contributed by atoms with E-state index in [1.54, 1.807) is 13.0 Å². The number of rotatable bonds is 5. The van der Waals surface area contributed by atoms with E-state index in [1.807, 2.05) is 31.2 Å². The van der Waals surface area contributed by atoms with Gasteiger partial charge in [-0.25, -0.2) is 0 Å². The minimum Gasteiger partial charge on any atom is -0.469 e. The van der Waals surface area contributed by atoms with Crippen LogP contribution in [-0.2, 0) is 14.9 Å². The quantitative estimate of drug-likeness (QED) is 0.568. The molecule has 0 fully saturated rings. The molecule has 5 heteroatoms. The molecule has 0 aliphatic heterocycles. The summed E-state index contributed by atoms with van der Waals surface area (Å²) in [6.45, 7) is 10.1. The van der Waals surface area contributed by atoms with Gasteiger partial charge in [0.05, 0.1) is 18.6 Å². The molecule has 0 bridgehead atoms. The van der Waals surface area contributed by atoms with Gasteiger partial charge in [-0.2, -0.15) is 0 Å². The number of nitrogens with one attached hydrogen (secondary N) is 1. The van der Waals surface area contributed by atoms with Crippen LogP contribution in [0.2, 0.25) is 0 Å². The van der Waals surface area contributed by atoms with Crippen LogP contribution in [0.5, 0.6) is 0 Å². The van der Waals surface area contributed by atoms with E-state index >= 15 is 0 Å². The highest BCUT2D eigenvalue weighted by Crippen LogP contribution is 2.35. The molecule has 1 heterocycles. The van der Waals surface area contributed by atoms with Crippen LogP contribution in [0.25, 0.3) is 0 Å². The summed E-state index contributed by atoms with van der Waals surface area (Å²) < 4.78 is 10.6. The monoisotopic (exact) mass is 409 g/mol. The third-order valence-corrected chi connectivity index (χ3v) is 5.74. The predicted octanol–water partition coefficient (Wildman–Crippen LogP) is 4.83. The van der Waals surface area contributed by atoms with Gasteiger partial charge >= 0.3 is 5.97 Å². The number of aryl methyl sites for hydroxylation is 2. The van der Waals surface area contributed by atoms with Gasteiger partial charge in [0.1, 0.15) is 11.5 Å². The van der Waals surface area contributed by atoms with Crippen molar-refractivity contribution in [3.8, 4) is 0 Å². The zero-order chi connectivity index (χ0) is 22.1. The van der Waals surface area contributed by atoms with Crippen LogP contribution < -0.4 is 5.32 Å². The fraction of sp³-hybridized carbons (Fsp3) is 0.440. The Balaban J connectivity index is 1.74. The molecular formula is C25H31NO4. The molecule has 0 saturated carbocycles. The topological polar surface area (TPSA) is 68.5 Å². The largest absolute Gasteiger partial charge is 0.469 e. The second-order valence-corrected chi connectivity index (χ2v) is 9.06. The standard InChI is InChI=1S/C25H31NO4/c1-15-13-21(16(2)30-15)23(27)26-20-12-9-18(14-20)22(24(28)29-6)17-7-10-19(11-8-17)25(3,4)5/h7-13,18,20,22H,14H2,1-6H3,(H,26,27)/t18-,20-,22-/m1/s1. The van der Waals surface area contributed by atoms with Gasteiger partial charge in [0.2, 0.25) is 0 Å². The normalized spacial score (nSPS) is 19.5. The zero-order valence-corrected chi connectivity index (χ0v) is 18.6. The Kier molecular flexibility index (Phi) is 6.20. The number of carbonyl (C=O) groups excluding carboxylic acids is 2. The first-order chi connectivity index (χ1) is 14.1. The SMILES string of the molecule is COC(=O)[C@H](c1ccc(C(C)(C)C)cc1)[C@@H]1C=C[C@@H](NC(=O)c2cc(C)oc2C)C1. The smallest absolute Gasteiger partial charge is 0.313 e. The van der Waals surface area contributed by atoms with E-state index in [4.69, 9.17) is 9.15 Å². The summed E-state index contributed by atoms with van der Waals surface area (Å²) in [5.41, 5.74) is 2.74. The number of allylic oxidation sites excluding steroid dienone is 1. The first-order valence-electron chi connectivity index (χ1n) is 10.3. The second-order valence-electron chi connectivity index (χ2n) is 9.06. The van der Waals surface area contributed by atoms with Gasteiger partial charge in [-0.15, -0.1) is 0 Å². The van der Waals surface area contributed by atoms with Crippen LogP contribution in [0.4, 0.5) is 0 Å². The number of benzene rings is 1. The molecule has 0 saturated heterocycles. The maximum atomic E-state index is 12.6. The van der Waals surface area contributed by atoms with Crippen LogP contribution in [0.3, 0.4) is 0 Å². The number of furan rings is 1. The fourth-order valence-corrected chi connectivity index (χ4v) is 4.06. The zero-order valence-electron chi connectivity index (χ0n) is 18.6. The Morgan fingerprint density at radius 1 is 1.13 bits per heavy atom. The van der Waals surface area contributed by atoms with Crippen LogP contribution >= 0.6 is 0 Å². The molecule has 3 atom stereocenters. The summed E-state index contributed by atoms with van der Waals surface area (Å²) in [6, 6.07) is 9.78.